The molecule has 247 valence electrons. The summed E-state index contributed by atoms with van der Waals surface area (Å²) in [5.74, 6) is 0. The molecule has 0 atom stereocenters. The Kier molecular flexibility index (Phi) is 8.10. The molecule has 0 saturated carbocycles. The number of rotatable bonds is 3. The fourth-order valence-electron chi connectivity index (χ4n) is 7.57. The summed E-state index contributed by atoms with van der Waals surface area (Å²) < 4.78 is 0. The molecule has 3 aromatic carbocycles. The molecule has 2 N–H and O–H groups in total. The first-order valence-corrected chi connectivity index (χ1v) is 16.4. The molecule has 49 heavy (non-hydrogen) atoms. The van der Waals surface area contributed by atoms with Crippen LogP contribution in [-0.2, 0) is 17.1 Å². The van der Waals surface area contributed by atoms with Crippen molar-refractivity contribution in [2.45, 2.75) is 41.5 Å². The van der Waals surface area contributed by atoms with Gasteiger partial charge in [-0.25, -0.2) is 4.98 Å². The van der Waals surface area contributed by atoms with Gasteiger partial charge in [-0.15, -0.1) is 33.1 Å². The van der Waals surface area contributed by atoms with E-state index in [4.69, 9.17) is 25.7 Å². The van der Waals surface area contributed by atoms with E-state index in [1.807, 2.05) is 12.1 Å². The second kappa shape index (κ2) is 12.3. The Morgan fingerprint density at radius 1 is 0.429 bits per heavy atom. The van der Waals surface area contributed by atoms with Crippen molar-refractivity contribution in [2.24, 2.45) is 0 Å². The molecule has 6 heteroatoms. The molecule has 5 heterocycles. The van der Waals surface area contributed by atoms with Crippen LogP contribution in [-0.4, -0.2) is 4.98 Å². The van der Waals surface area contributed by atoms with Crippen molar-refractivity contribution in [3.63, 3.8) is 0 Å². The van der Waals surface area contributed by atoms with Crippen molar-refractivity contribution >= 4 is 50.9 Å². The topological polar surface area (TPSA) is 81.2 Å². The van der Waals surface area contributed by atoms with E-state index in [2.05, 4.69) is 126 Å². The van der Waals surface area contributed by atoms with Crippen LogP contribution in [0.15, 0.2) is 84.9 Å². The SMILES string of the molecule is Cc1cc(C)c(-c2c3nc(c4ccc([n-]4)c(-c4c(C)cc(C)cc4C)c4ccc([n-]4)c(-c4ccc(N)cc4)c4ccc2[n-]4)C=C3)c(C)c1.[Cu]. The molecule has 5 nitrogen and oxygen atoms in total. The molecule has 0 amide bonds. The minimum atomic E-state index is 0. The Hall–Kier alpha value is -5.29. The summed E-state index contributed by atoms with van der Waals surface area (Å²) in [5.41, 5.74) is 27.2. The van der Waals surface area contributed by atoms with Crippen LogP contribution < -0.4 is 20.7 Å². The van der Waals surface area contributed by atoms with E-state index in [9.17, 15) is 0 Å². The van der Waals surface area contributed by atoms with Gasteiger partial charge in [0.05, 0.1) is 5.69 Å². The number of hydrogen-bond acceptors (Lipinski definition) is 2. The van der Waals surface area contributed by atoms with Gasteiger partial charge in [-0.2, -0.15) is 0 Å². The zero-order valence-corrected chi connectivity index (χ0v) is 29.3. The number of nitrogens with two attached hydrogens (primary N) is 1. The predicted octanol–water partition coefficient (Wildman–Crippen LogP) is 10.0. The van der Waals surface area contributed by atoms with Gasteiger partial charge in [0.25, 0.3) is 0 Å². The third-order valence-corrected chi connectivity index (χ3v) is 9.41. The monoisotopic (exact) mass is 685 g/mol. The van der Waals surface area contributed by atoms with E-state index in [0.717, 1.165) is 77.9 Å². The summed E-state index contributed by atoms with van der Waals surface area (Å²) in [6.07, 6.45) is 4.18. The molecule has 7 aromatic rings. The van der Waals surface area contributed by atoms with Crippen LogP contribution in [0.1, 0.15) is 44.8 Å². The second-order valence-corrected chi connectivity index (χ2v) is 13.2. The van der Waals surface area contributed by atoms with Gasteiger partial charge in [0, 0.05) is 28.4 Å². The van der Waals surface area contributed by atoms with Crippen LogP contribution in [0.3, 0.4) is 0 Å². The second-order valence-electron chi connectivity index (χ2n) is 13.2. The first kappa shape index (κ1) is 32.3. The summed E-state index contributed by atoms with van der Waals surface area (Å²) in [5, 5.41) is 0. The van der Waals surface area contributed by atoms with Gasteiger partial charge in [-0.3, -0.25) is 0 Å². The first-order chi connectivity index (χ1) is 23.1. The normalized spacial score (nSPS) is 11.7. The number of hydrogen-bond donors (Lipinski definition) is 1. The van der Waals surface area contributed by atoms with Crippen molar-refractivity contribution < 1.29 is 17.1 Å². The fraction of sp³-hybridized carbons (Fsp3) is 0.140. The molecule has 0 aliphatic carbocycles. The number of nitrogens with zero attached hydrogens (tertiary/aromatic N) is 4. The van der Waals surface area contributed by atoms with Crippen LogP contribution in [0.4, 0.5) is 5.69 Å². The largest absolute Gasteiger partial charge is 0.657 e. The molecule has 8 bridgehead atoms. The van der Waals surface area contributed by atoms with Gasteiger partial charge in [0.15, 0.2) is 0 Å². The maximum Gasteiger partial charge on any atom is 0.0703 e. The molecule has 1 radical (unpaired) electrons. The minimum Gasteiger partial charge on any atom is -0.657 e. The summed E-state index contributed by atoms with van der Waals surface area (Å²) in [4.78, 5) is 21.1. The molecule has 0 saturated heterocycles. The molecule has 1 aliphatic rings. The predicted molar refractivity (Wildman–Crippen MR) is 201 cm³/mol. The van der Waals surface area contributed by atoms with Crippen LogP contribution in [0.25, 0.3) is 78.6 Å². The number of aryl methyl sites for hydroxylation is 6. The van der Waals surface area contributed by atoms with E-state index in [-0.39, 0.29) is 17.1 Å². The van der Waals surface area contributed by atoms with E-state index < -0.39 is 0 Å². The average Bonchev–Trinajstić information content (AvgIpc) is 3.85. The van der Waals surface area contributed by atoms with E-state index in [0.29, 0.717) is 5.69 Å². The number of anilines is 1. The Morgan fingerprint density at radius 3 is 1.33 bits per heavy atom. The maximum absolute atomic E-state index is 6.15. The van der Waals surface area contributed by atoms with Crippen molar-refractivity contribution in [3.05, 3.63) is 130 Å². The fourth-order valence-corrected chi connectivity index (χ4v) is 7.57. The average molecular weight is 686 g/mol. The number of benzene rings is 3. The maximum atomic E-state index is 6.15. The summed E-state index contributed by atoms with van der Waals surface area (Å²) in [6.45, 7) is 13.0. The Balaban J connectivity index is 0.00000378. The standard InChI is InChI=1S/C43H36N5.Cu/c1-23-19-25(3)39(26(4)20-23)42-35-13-11-31(45-35)32-12-14-36(46-32)43(40-27(5)21-24(2)22-28(40)6)38-18-16-34(48-38)41(33-15-17-37(42)47-33)29-7-9-30(44)10-8-29;/h7-22H,44H2,1-6H3;/q-3;. The van der Waals surface area contributed by atoms with Crippen molar-refractivity contribution in [1.82, 2.24) is 19.9 Å². The van der Waals surface area contributed by atoms with Gasteiger partial charge < -0.3 is 20.7 Å². The third kappa shape index (κ3) is 5.57. The van der Waals surface area contributed by atoms with E-state index >= 15 is 0 Å². The zero-order valence-electron chi connectivity index (χ0n) is 28.4. The molecule has 0 unspecified atom stereocenters. The minimum absolute atomic E-state index is 0. The quantitative estimate of drug-likeness (QED) is 0.148. The van der Waals surface area contributed by atoms with Gasteiger partial charge in [0.2, 0.25) is 0 Å². The summed E-state index contributed by atoms with van der Waals surface area (Å²) >= 11 is 0. The van der Waals surface area contributed by atoms with Gasteiger partial charge in [-0.05, 0) is 121 Å². The zero-order chi connectivity index (χ0) is 33.3. The Labute approximate surface area is 297 Å². The smallest absolute Gasteiger partial charge is 0.0703 e. The molecule has 4 aromatic heterocycles. The third-order valence-electron chi connectivity index (χ3n) is 9.41. The summed E-state index contributed by atoms with van der Waals surface area (Å²) in [7, 11) is 0. The molecule has 8 rings (SSSR count). The van der Waals surface area contributed by atoms with Gasteiger partial charge in [0.1, 0.15) is 0 Å². The van der Waals surface area contributed by atoms with E-state index in [1.54, 1.807) is 0 Å². The van der Waals surface area contributed by atoms with Crippen molar-refractivity contribution in [3.8, 4) is 33.4 Å². The van der Waals surface area contributed by atoms with Crippen LogP contribution in [0.2, 0.25) is 0 Å². The number of aromatic nitrogens is 4. The van der Waals surface area contributed by atoms with Crippen LogP contribution in [0.5, 0.6) is 0 Å². The first-order valence-electron chi connectivity index (χ1n) is 16.4. The molecule has 0 spiro atoms. The van der Waals surface area contributed by atoms with Crippen LogP contribution in [0, 0.1) is 41.5 Å². The van der Waals surface area contributed by atoms with Gasteiger partial charge in [-0.1, -0.05) is 83.9 Å². The van der Waals surface area contributed by atoms with E-state index in [1.165, 1.54) is 33.4 Å². The molecular formula is C43H36CuN5-3. The van der Waals surface area contributed by atoms with Crippen LogP contribution >= 0.6 is 0 Å². The molecule has 0 fully saturated rings. The number of nitrogen functional groups attached to an aromatic ring is 1. The Bertz CT molecular complexity index is 2530. The number of fused-ring (bicyclic) bond motifs is 9. The van der Waals surface area contributed by atoms with Gasteiger partial charge >= 0.3 is 0 Å². The molecular weight excluding hydrogens is 650 g/mol. The van der Waals surface area contributed by atoms with Crippen molar-refractivity contribution in [1.29, 1.82) is 0 Å². The molecule has 1 aliphatic heterocycles. The Morgan fingerprint density at radius 2 is 0.816 bits per heavy atom. The summed E-state index contributed by atoms with van der Waals surface area (Å²) in [6, 6.07) is 29.5. The van der Waals surface area contributed by atoms with Crippen molar-refractivity contribution in [2.75, 3.05) is 5.73 Å².